The summed E-state index contributed by atoms with van der Waals surface area (Å²) in [7, 11) is 0. The fourth-order valence-corrected chi connectivity index (χ4v) is 13.7. The zero-order valence-electron chi connectivity index (χ0n) is 73.4. The summed E-state index contributed by atoms with van der Waals surface area (Å²) in [5.74, 6) is -0.818. The normalized spacial score (nSPS) is 13.7. The summed E-state index contributed by atoms with van der Waals surface area (Å²) in [6.07, 6.45) is 11.4. The third-order valence-electron chi connectivity index (χ3n) is 17.8. The van der Waals surface area contributed by atoms with E-state index in [9.17, 15) is 14.7 Å². The fourth-order valence-electron chi connectivity index (χ4n) is 13.3. The maximum atomic E-state index is 11.0. The highest BCUT2D eigenvalue weighted by atomic mass is 127. The van der Waals surface area contributed by atoms with E-state index in [1.807, 2.05) is 233 Å². The number of fused-ring (bicyclic) bond motifs is 10. The minimum absolute atomic E-state index is 0.00593. The number of carbonyl (C=O) groups excluding carboxylic acids is 1. The number of rotatable bonds is 10. The molecule has 7 heterocycles. The molecule has 0 aliphatic carbocycles. The van der Waals surface area contributed by atoms with Crippen molar-refractivity contribution in [1.82, 2.24) is 0 Å². The number of hydrogen-bond donors (Lipinski definition) is 3. The molecule has 0 radical (unpaired) electrons. The molecule has 10 aromatic carbocycles. The lowest BCUT2D eigenvalue weighted by Crippen LogP contribution is -2.31. The quantitative estimate of drug-likeness (QED) is 0.0681. The summed E-state index contributed by atoms with van der Waals surface area (Å²) in [5, 5.41) is 22.0. The molecule has 17 rings (SSSR count). The lowest BCUT2D eigenvalue weighted by molar-refractivity contribution is -0.160. The van der Waals surface area contributed by atoms with Crippen molar-refractivity contribution < 1.29 is 38.7 Å². The van der Waals surface area contributed by atoms with E-state index in [-0.39, 0.29) is 25.9 Å². The third-order valence-corrected chi connectivity index (χ3v) is 18.2. The van der Waals surface area contributed by atoms with Gasteiger partial charge in [0.15, 0.2) is 12.6 Å². The van der Waals surface area contributed by atoms with Crippen LogP contribution in [0.5, 0.6) is 0 Å². The van der Waals surface area contributed by atoms with E-state index >= 15 is 0 Å². The van der Waals surface area contributed by atoms with Crippen LogP contribution in [-0.2, 0) is 60.6 Å². The Kier molecular flexibility index (Phi) is 55.1. The maximum Gasteiger partial charge on any atom is 0.323 e. The molecule has 0 amide bonds. The number of carbonyl (C=O) groups is 2. The van der Waals surface area contributed by atoms with Crippen LogP contribution in [0.4, 0.5) is 56.9 Å². The second-order valence-corrected chi connectivity index (χ2v) is 24.5. The Labute approximate surface area is 708 Å². The van der Waals surface area contributed by atoms with E-state index in [0.717, 1.165) is 116 Å². The van der Waals surface area contributed by atoms with Crippen LogP contribution in [0.2, 0.25) is 0 Å². The van der Waals surface area contributed by atoms with E-state index in [1.165, 1.54) is 84.8 Å². The van der Waals surface area contributed by atoms with Crippen LogP contribution in [0.1, 0.15) is 226 Å². The van der Waals surface area contributed by atoms with Gasteiger partial charge in [0.1, 0.15) is 30.9 Å². The average molecular weight is 1680 g/mol. The second-order valence-electron chi connectivity index (χ2n) is 23.9. The van der Waals surface area contributed by atoms with Crippen molar-refractivity contribution >= 4 is 91.7 Å². The van der Waals surface area contributed by atoms with Crippen molar-refractivity contribution in [3.05, 3.63) is 298 Å². The summed E-state index contributed by atoms with van der Waals surface area (Å²) in [6.45, 7) is 42.7. The number of nitrogens with one attached hydrogen (secondary N) is 1. The lowest BCUT2D eigenvalue weighted by atomic mass is 9.96. The van der Waals surface area contributed by atoms with Crippen molar-refractivity contribution in [2.24, 2.45) is 0 Å². The first kappa shape index (κ1) is 102. The van der Waals surface area contributed by atoms with Crippen molar-refractivity contribution in [3.8, 4) is 0 Å². The Morgan fingerprint density at radius 2 is 0.626 bits per heavy atom. The number of aliphatic hydroxyl groups excluding tert-OH is 1. The van der Waals surface area contributed by atoms with Crippen LogP contribution < -0.4 is 24.9 Å². The summed E-state index contributed by atoms with van der Waals surface area (Å²) < 4.78 is 22.8. The van der Waals surface area contributed by atoms with Gasteiger partial charge in [-0.05, 0) is 142 Å². The summed E-state index contributed by atoms with van der Waals surface area (Å²) in [5.41, 5.74) is 24.5. The van der Waals surface area contributed by atoms with E-state index in [4.69, 9.17) is 24.1 Å². The highest BCUT2D eigenvalue weighted by Crippen LogP contribution is 2.42. The van der Waals surface area contributed by atoms with Crippen LogP contribution >= 0.6 is 22.6 Å². The molecule has 115 heavy (non-hydrogen) atoms. The number of benzene rings is 10. The molecule has 7 aliphatic rings. The van der Waals surface area contributed by atoms with E-state index < -0.39 is 5.97 Å². The van der Waals surface area contributed by atoms with Crippen molar-refractivity contribution in [2.45, 2.75) is 215 Å². The molecule has 7 aliphatic heterocycles. The topological polar surface area (TPSA) is 137 Å². The molecule has 0 spiro atoms. The molecular formula is C101H140IN5O8. The number of aliphatic carboxylic acids is 1. The van der Waals surface area contributed by atoms with Crippen LogP contribution in [0.15, 0.2) is 243 Å². The lowest BCUT2D eigenvalue weighted by Gasteiger charge is -2.34. The van der Waals surface area contributed by atoms with Gasteiger partial charge in [0, 0.05) is 109 Å². The fraction of sp³-hybridized carbons (Fsp3) is 0.386. The molecule has 2 saturated heterocycles. The molecule has 2 fully saturated rings. The molecule has 13 nitrogen and oxygen atoms in total. The number of alkyl halides is 1. The Hall–Kier alpha value is -9.13. The van der Waals surface area contributed by atoms with Gasteiger partial charge in [0.05, 0.1) is 6.54 Å². The van der Waals surface area contributed by atoms with Gasteiger partial charge in [-0.25, -0.2) is 0 Å². The molecule has 10 aromatic rings. The van der Waals surface area contributed by atoms with Gasteiger partial charge in [-0.1, -0.05) is 343 Å². The standard InChI is InChI=1S/C19H21NO2.C15H13NO2.C15H13NO.C14H13NO.C13H11N.C5H9IO2.10C2H6/c1-3-9-17-15(7-1)13-16-8-2-4-10-18(16)20(17)14-22-19-11-5-6-12-21-19;17-15(18)10-16-13-7-3-1-5-11(13)9-12-6-2-4-8-14(12)16;17-10-9-16-14-7-3-1-5-12(14)11-13-6-2-4-8-15(13)16;16-10-15-13-7-3-1-5-11(13)9-12-6-2-4-8-14(12)15;1-3-7-12-10(5-1)9-11-6-2-4-8-13(11)14-12;6-4-8-5-2-1-3-7-5;10*1-2/h1-4,7-10,19H,5-6,11-14H2;1-8H,9-10H2,(H,17,18);1-8,10H,9,11H2;1-8,16H,9-10H2;1-8,14H,9H2;5H,1-4H2;10*1-2H3. The minimum Gasteiger partial charge on any atom is -0.480 e. The van der Waals surface area contributed by atoms with E-state index in [2.05, 4.69) is 195 Å². The number of aldehydes is 1. The maximum absolute atomic E-state index is 11.0. The van der Waals surface area contributed by atoms with Gasteiger partial charge in [0.25, 0.3) is 0 Å². The van der Waals surface area contributed by atoms with Crippen LogP contribution in [0, 0.1) is 0 Å². The number of ether oxygens (including phenoxy) is 4. The molecule has 14 heteroatoms. The first-order chi connectivity index (χ1) is 56.8. The monoisotopic (exact) mass is 1680 g/mol. The van der Waals surface area contributed by atoms with Gasteiger partial charge in [-0.2, -0.15) is 0 Å². The van der Waals surface area contributed by atoms with E-state index in [0.29, 0.717) is 13.3 Å². The number of aliphatic hydroxyl groups is 1. The second kappa shape index (κ2) is 62.2. The molecule has 0 saturated carbocycles. The minimum atomic E-state index is -0.818. The first-order valence-electron chi connectivity index (χ1n) is 42.8. The van der Waals surface area contributed by atoms with Gasteiger partial charge >= 0.3 is 5.97 Å². The predicted molar refractivity (Wildman–Crippen MR) is 503 cm³/mol. The number of carboxylic acids is 1. The highest BCUT2D eigenvalue weighted by Gasteiger charge is 2.27. The van der Waals surface area contributed by atoms with Gasteiger partial charge in [0.2, 0.25) is 0 Å². The molecule has 0 bridgehead atoms. The largest absolute Gasteiger partial charge is 0.480 e. The average Bonchev–Trinajstić information content (AvgIpc) is 1.15. The number of nitrogens with zero attached hydrogens (tertiary/aromatic N) is 4. The number of anilines is 10. The van der Waals surface area contributed by atoms with Crippen molar-refractivity contribution in [2.75, 3.05) is 69.3 Å². The van der Waals surface area contributed by atoms with E-state index in [1.54, 1.807) is 0 Å². The first-order valence-corrected chi connectivity index (χ1v) is 44.3. The van der Waals surface area contributed by atoms with Crippen molar-refractivity contribution in [3.63, 3.8) is 0 Å². The molecule has 0 aromatic heterocycles. The third kappa shape index (κ3) is 31.1. The Morgan fingerprint density at radius 3 is 0.904 bits per heavy atom. The number of carboxylic acid groups (broad SMARTS) is 1. The Balaban J connectivity index is 0.000000453. The van der Waals surface area contributed by atoms with Gasteiger partial charge in [-0.15, -0.1) is 0 Å². The summed E-state index contributed by atoms with van der Waals surface area (Å²) in [6, 6.07) is 83.1. The van der Waals surface area contributed by atoms with Crippen LogP contribution in [-0.4, -0.2) is 79.4 Å². The molecular weight excluding hydrogens is 1540 g/mol. The summed E-state index contributed by atoms with van der Waals surface area (Å²) >= 11 is 2.17. The smallest absolute Gasteiger partial charge is 0.323 e. The predicted octanol–water partition coefficient (Wildman–Crippen LogP) is 27.8. The van der Waals surface area contributed by atoms with Gasteiger partial charge in [-0.3, -0.25) is 4.79 Å². The Bertz CT molecular complexity index is 3930. The number of hydrogen-bond acceptors (Lipinski definition) is 12. The van der Waals surface area contributed by atoms with Crippen molar-refractivity contribution in [1.29, 1.82) is 0 Å². The summed E-state index contributed by atoms with van der Waals surface area (Å²) in [4.78, 5) is 30.1. The number of para-hydroxylation sites is 10. The zero-order chi connectivity index (χ0) is 85.1. The number of halogens is 1. The van der Waals surface area contributed by atoms with Crippen LogP contribution in [0.25, 0.3) is 0 Å². The highest BCUT2D eigenvalue weighted by molar-refractivity contribution is 14.1. The molecule has 624 valence electrons. The van der Waals surface area contributed by atoms with Crippen LogP contribution in [0.3, 0.4) is 0 Å². The molecule has 2 unspecified atom stereocenters. The zero-order valence-corrected chi connectivity index (χ0v) is 75.5. The molecule has 2 atom stereocenters. The van der Waals surface area contributed by atoms with Gasteiger partial charge < -0.3 is 58.9 Å². The molecule has 3 N–H and O–H groups in total. The SMILES string of the molecule is CC.CC.CC.CC.CC.CC.CC.CC.CC.CC.ICOC1CCCO1.O=C(O)CN1c2ccccc2Cc2ccccc21.O=CCN1c2ccccc2Cc2ccccc21.OCN1c2ccccc2Cc2ccccc21.c1ccc2c(c1)Cc1ccccc1N2.c1ccc2c(c1)Cc1ccccc1N2COC1CCCCO1. The Morgan fingerprint density at radius 1 is 0.365 bits per heavy atom.